The molecule has 0 unspecified atom stereocenters. The average Bonchev–Trinajstić information content (AvgIpc) is 3.62. The van der Waals surface area contributed by atoms with E-state index in [0.717, 1.165) is 49.2 Å². The molecule has 41 heavy (non-hydrogen) atoms. The molecular weight excluding hydrogens is 547 g/mol. The van der Waals surface area contributed by atoms with E-state index < -0.39 is 15.8 Å². The first-order valence-corrected chi connectivity index (χ1v) is 15.1. The fraction of sp³-hybridized carbons (Fsp3) is 0.250. The Labute approximate surface area is 237 Å². The van der Waals surface area contributed by atoms with Crippen molar-refractivity contribution in [1.29, 1.82) is 0 Å². The normalized spacial score (nSPS) is 16.8. The van der Waals surface area contributed by atoms with Crippen LogP contribution in [0.25, 0.3) is 22.8 Å². The van der Waals surface area contributed by atoms with E-state index in [2.05, 4.69) is 35.7 Å². The molecule has 1 fully saturated rings. The first-order chi connectivity index (χ1) is 19.8. The van der Waals surface area contributed by atoms with E-state index in [1.165, 1.54) is 12.3 Å². The highest BCUT2D eigenvalue weighted by atomic mass is 32.2. The van der Waals surface area contributed by atoms with E-state index >= 15 is 0 Å². The number of benzene rings is 2. The Kier molecular flexibility index (Phi) is 7.49. The Morgan fingerprint density at radius 1 is 1.02 bits per heavy atom. The number of anilines is 1. The van der Waals surface area contributed by atoms with Gasteiger partial charge in [0.2, 0.25) is 15.8 Å². The Balaban J connectivity index is 1.19. The maximum absolute atomic E-state index is 14.7. The van der Waals surface area contributed by atoms with Crippen molar-refractivity contribution < 1.29 is 17.3 Å². The zero-order valence-corrected chi connectivity index (χ0v) is 23.1. The number of halogens is 1. The molecule has 212 valence electrons. The predicted octanol–water partition coefficient (Wildman–Crippen LogP) is 3.14. The Morgan fingerprint density at radius 2 is 1.76 bits per heavy atom. The molecule has 6 rings (SSSR count). The van der Waals surface area contributed by atoms with E-state index in [0.29, 0.717) is 22.9 Å². The minimum absolute atomic E-state index is 0.00592. The fourth-order valence-electron chi connectivity index (χ4n) is 5.06. The number of para-hydroxylation sites is 1. The van der Waals surface area contributed by atoms with Crippen LogP contribution in [0.4, 0.5) is 10.1 Å². The van der Waals surface area contributed by atoms with Crippen molar-refractivity contribution in [1.82, 2.24) is 35.7 Å². The summed E-state index contributed by atoms with van der Waals surface area (Å²) in [5, 5.41) is 5.79. The lowest BCUT2D eigenvalue weighted by Gasteiger charge is -2.31. The molecule has 1 saturated heterocycles. The second-order valence-electron chi connectivity index (χ2n) is 10.0. The monoisotopic (exact) mass is 576 g/mol. The van der Waals surface area contributed by atoms with E-state index in [1.807, 2.05) is 36.4 Å². The highest BCUT2D eigenvalue weighted by Crippen LogP contribution is 2.34. The molecule has 2 aromatic carbocycles. The van der Waals surface area contributed by atoms with Crippen LogP contribution in [0.15, 0.2) is 77.6 Å². The summed E-state index contributed by atoms with van der Waals surface area (Å²) in [5.74, 6) is 0.274. The van der Waals surface area contributed by atoms with Gasteiger partial charge in [-0.2, -0.15) is 4.98 Å². The van der Waals surface area contributed by atoms with E-state index in [4.69, 9.17) is 4.52 Å². The van der Waals surface area contributed by atoms with Gasteiger partial charge in [-0.3, -0.25) is 20.3 Å². The van der Waals surface area contributed by atoms with Gasteiger partial charge < -0.3 is 4.52 Å². The summed E-state index contributed by atoms with van der Waals surface area (Å²) < 4.78 is 46.1. The summed E-state index contributed by atoms with van der Waals surface area (Å²) in [6, 6.07) is 18.1. The average molecular weight is 577 g/mol. The summed E-state index contributed by atoms with van der Waals surface area (Å²) in [6.07, 6.45) is 6.09. The van der Waals surface area contributed by atoms with E-state index in [9.17, 15) is 12.8 Å². The number of sulfonamides is 1. The quantitative estimate of drug-likeness (QED) is 0.288. The van der Waals surface area contributed by atoms with Gasteiger partial charge in [0.05, 0.1) is 17.6 Å². The number of hydrogen-bond acceptors (Lipinski definition) is 10. The summed E-state index contributed by atoms with van der Waals surface area (Å²) >= 11 is 0. The highest BCUT2D eigenvalue weighted by Gasteiger charge is 2.31. The SMILES string of the molecule is CS(=O)(=O)NC1CCN(Cc2ccc(-c3noc(C4=C(c5ccncc5)N(c5ccccc5F)NN4)n3)cc2)CC1. The first kappa shape index (κ1) is 27.0. The second kappa shape index (κ2) is 11.4. The third-order valence-electron chi connectivity index (χ3n) is 7.03. The van der Waals surface area contributed by atoms with Crippen molar-refractivity contribution >= 4 is 27.1 Å². The van der Waals surface area contributed by atoms with Crippen molar-refractivity contribution in [3.8, 4) is 11.4 Å². The molecule has 0 amide bonds. The number of aromatic nitrogens is 3. The van der Waals surface area contributed by atoms with Crippen LogP contribution in [0, 0.1) is 5.82 Å². The Bertz CT molecular complexity index is 1650. The Morgan fingerprint density at radius 3 is 2.46 bits per heavy atom. The van der Waals surface area contributed by atoms with E-state index in [-0.39, 0.29) is 11.9 Å². The summed E-state index contributed by atoms with van der Waals surface area (Å²) in [4.78, 5) is 11.0. The van der Waals surface area contributed by atoms with Crippen LogP contribution in [-0.4, -0.2) is 53.8 Å². The van der Waals surface area contributed by atoms with Gasteiger partial charge in [-0.1, -0.05) is 41.6 Å². The molecule has 2 aromatic heterocycles. The maximum Gasteiger partial charge on any atom is 0.277 e. The van der Waals surface area contributed by atoms with Gasteiger partial charge in [-0.05, 0) is 42.7 Å². The van der Waals surface area contributed by atoms with Crippen molar-refractivity contribution in [2.75, 3.05) is 24.4 Å². The minimum atomic E-state index is -3.19. The van der Waals surface area contributed by atoms with Crippen LogP contribution in [0.5, 0.6) is 0 Å². The number of piperidine rings is 1. The predicted molar refractivity (Wildman–Crippen MR) is 152 cm³/mol. The molecule has 0 aliphatic carbocycles. The zero-order chi connectivity index (χ0) is 28.4. The van der Waals surface area contributed by atoms with Crippen LogP contribution in [-0.2, 0) is 16.6 Å². The Hall–Kier alpha value is -4.17. The van der Waals surface area contributed by atoms with Crippen molar-refractivity contribution in [2.24, 2.45) is 0 Å². The summed E-state index contributed by atoms with van der Waals surface area (Å²) in [5.41, 5.74) is 10.2. The highest BCUT2D eigenvalue weighted by molar-refractivity contribution is 7.88. The van der Waals surface area contributed by atoms with Crippen molar-refractivity contribution in [2.45, 2.75) is 25.4 Å². The molecule has 0 saturated carbocycles. The number of nitrogens with one attached hydrogen (secondary N) is 3. The fourth-order valence-corrected chi connectivity index (χ4v) is 5.90. The molecule has 4 heterocycles. The largest absolute Gasteiger partial charge is 0.332 e. The van der Waals surface area contributed by atoms with Crippen LogP contribution >= 0.6 is 0 Å². The van der Waals surface area contributed by atoms with Crippen LogP contribution in [0.2, 0.25) is 0 Å². The lowest BCUT2D eigenvalue weighted by molar-refractivity contribution is 0.200. The molecule has 0 atom stereocenters. The molecule has 0 spiro atoms. The van der Waals surface area contributed by atoms with Gasteiger partial charge in [0.25, 0.3) is 5.89 Å². The molecule has 4 aromatic rings. The number of nitrogens with zero attached hydrogens (tertiary/aromatic N) is 5. The first-order valence-electron chi connectivity index (χ1n) is 13.2. The zero-order valence-electron chi connectivity index (χ0n) is 22.3. The third-order valence-corrected chi connectivity index (χ3v) is 7.79. The van der Waals surface area contributed by atoms with Gasteiger partial charge in [-0.15, -0.1) is 5.53 Å². The standard InChI is InChI=1S/C28H29FN8O3S/c1-41(38,39)34-22-12-16-36(17-13-22)18-19-6-8-21(9-7-19)27-31-28(40-33-27)25-26(20-10-14-30-15-11-20)37(35-32-25)24-5-3-2-4-23(24)29/h2-11,14-15,22,32,34-35H,12-13,16-18H2,1H3. The second-order valence-corrected chi connectivity index (χ2v) is 11.8. The van der Waals surface area contributed by atoms with Gasteiger partial charge in [0, 0.05) is 49.2 Å². The topological polar surface area (TPSA) is 129 Å². The molecule has 0 radical (unpaired) electrons. The number of likely N-dealkylation sites (tertiary alicyclic amines) is 1. The van der Waals surface area contributed by atoms with E-state index in [1.54, 1.807) is 35.6 Å². The van der Waals surface area contributed by atoms with Gasteiger partial charge in [0.1, 0.15) is 11.5 Å². The number of rotatable bonds is 8. The van der Waals surface area contributed by atoms with Crippen LogP contribution < -0.4 is 20.7 Å². The number of pyridine rings is 1. The van der Waals surface area contributed by atoms with Gasteiger partial charge >= 0.3 is 0 Å². The number of hydrogen-bond donors (Lipinski definition) is 3. The molecular formula is C28H29FN8O3S. The molecule has 2 aliphatic heterocycles. The lowest BCUT2D eigenvalue weighted by atomic mass is 10.0. The van der Waals surface area contributed by atoms with Gasteiger partial charge in [-0.25, -0.2) is 17.5 Å². The van der Waals surface area contributed by atoms with Gasteiger partial charge in [0.15, 0.2) is 0 Å². The summed E-state index contributed by atoms with van der Waals surface area (Å²) in [6.45, 7) is 2.42. The molecule has 3 N–H and O–H groups in total. The molecule has 2 aliphatic rings. The number of hydrazine groups is 2. The molecule has 13 heteroatoms. The minimum Gasteiger partial charge on any atom is -0.332 e. The van der Waals surface area contributed by atoms with Crippen molar-refractivity contribution in [3.63, 3.8) is 0 Å². The smallest absolute Gasteiger partial charge is 0.277 e. The van der Waals surface area contributed by atoms with Crippen molar-refractivity contribution in [3.05, 3.63) is 95.9 Å². The third kappa shape index (κ3) is 6.12. The van der Waals surface area contributed by atoms with Crippen LogP contribution in [0.3, 0.4) is 0 Å². The molecule has 0 bridgehead atoms. The summed E-state index contributed by atoms with van der Waals surface area (Å²) in [7, 11) is -3.19. The molecule has 11 nitrogen and oxygen atoms in total. The lowest BCUT2D eigenvalue weighted by Crippen LogP contribution is -2.43. The maximum atomic E-state index is 14.7. The van der Waals surface area contributed by atoms with Crippen LogP contribution in [0.1, 0.15) is 29.9 Å².